The summed E-state index contributed by atoms with van der Waals surface area (Å²) in [5, 5.41) is 2.72. The van der Waals surface area contributed by atoms with Gasteiger partial charge in [-0.25, -0.2) is 13.1 Å². The molecule has 0 bridgehead atoms. The summed E-state index contributed by atoms with van der Waals surface area (Å²) < 4.78 is 36.9. The molecule has 2 aromatic carbocycles. The Balaban J connectivity index is 2.15. The van der Waals surface area contributed by atoms with Gasteiger partial charge in [0.05, 0.1) is 24.7 Å². The molecule has 26 heavy (non-hydrogen) atoms. The molecular weight excluding hydrogens is 356 g/mol. The molecule has 2 N–H and O–H groups in total. The molecule has 8 heteroatoms. The molecule has 7 nitrogen and oxygen atoms in total. The van der Waals surface area contributed by atoms with Crippen LogP contribution in [0.25, 0.3) is 0 Å². The molecular formula is C18H22N2O5S. The summed E-state index contributed by atoms with van der Waals surface area (Å²) >= 11 is 0. The second-order valence-corrected chi connectivity index (χ2v) is 7.21. The van der Waals surface area contributed by atoms with E-state index >= 15 is 0 Å². The number of ether oxygens (including phenoxy) is 2. The zero-order valence-corrected chi connectivity index (χ0v) is 15.7. The van der Waals surface area contributed by atoms with Crippen LogP contribution in [0.2, 0.25) is 0 Å². The van der Waals surface area contributed by atoms with Crippen molar-refractivity contribution < 1.29 is 22.7 Å². The Labute approximate surface area is 153 Å². The second-order valence-electron chi connectivity index (χ2n) is 5.44. The minimum absolute atomic E-state index is 0.144. The Bertz CT molecular complexity index is 864. The van der Waals surface area contributed by atoms with Gasteiger partial charge in [0.1, 0.15) is 11.5 Å². The van der Waals surface area contributed by atoms with Gasteiger partial charge in [-0.2, -0.15) is 0 Å². The van der Waals surface area contributed by atoms with Crippen molar-refractivity contribution in [2.24, 2.45) is 0 Å². The summed E-state index contributed by atoms with van der Waals surface area (Å²) in [4.78, 5) is 12.6. The lowest BCUT2D eigenvalue weighted by Gasteiger charge is -2.11. The first kappa shape index (κ1) is 19.7. The maximum absolute atomic E-state index is 12.5. The fraction of sp³-hybridized carbons (Fsp3) is 0.278. The van der Waals surface area contributed by atoms with Gasteiger partial charge in [0.25, 0.3) is 5.91 Å². The number of sulfonamides is 1. The highest BCUT2D eigenvalue weighted by Gasteiger charge is 2.15. The predicted octanol–water partition coefficient (Wildman–Crippen LogP) is 2.64. The minimum Gasteiger partial charge on any atom is -0.497 e. The van der Waals surface area contributed by atoms with Gasteiger partial charge in [-0.15, -0.1) is 0 Å². The maximum atomic E-state index is 12.5. The van der Waals surface area contributed by atoms with Crippen LogP contribution in [0.15, 0.2) is 47.4 Å². The van der Waals surface area contributed by atoms with E-state index in [1.165, 1.54) is 38.5 Å². The minimum atomic E-state index is -3.53. The first-order valence-electron chi connectivity index (χ1n) is 8.04. The third-order valence-electron chi connectivity index (χ3n) is 3.62. The predicted molar refractivity (Wildman–Crippen MR) is 99.4 cm³/mol. The van der Waals surface area contributed by atoms with Gasteiger partial charge in [0.15, 0.2) is 0 Å². The molecule has 0 atom stereocenters. The molecule has 0 aliphatic heterocycles. The van der Waals surface area contributed by atoms with Gasteiger partial charge in [0, 0.05) is 18.3 Å². The van der Waals surface area contributed by atoms with Crippen molar-refractivity contribution in [1.82, 2.24) is 4.72 Å². The number of hydrogen-bond donors (Lipinski definition) is 2. The second kappa shape index (κ2) is 8.68. The van der Waals surface area contributed by atoms with Gasteiger partial charge in [-0.05, 0) is 42.8 Å². The highest BCUT2D eigenvalue weighted by atomic mass is 32.2. The van der Waals surface area contributed by atoms with Crippen LogP contribution < -0.4 is 19.5 Å². The van der Waals surface area contributed by atoms with Gasteiger partial charge >= 0.3 is 0 Å². The van der Waals surface area contributed by atoms with E-state index < -0.39 is 10.0 Å². The van der Waals surface area contributed by atoms with E-state index in [0.29, 0.717) is 35.7 Å². The number of benzene rings is 2. The molecule has 0 aliphatic carbocycles. The monoisotopic (exact) mass is 378 g/mol. The van der Waals surface area contributed by atoms with E-state index in [1.54, 1.807) is 18.2 Å². The van der Waals surface area contributed by atoms with E-state index in [9.17, 15) is 13.2 Å². The number of amides is 1. The third-order valence-corrected chi connectivity index (χ3v) is 5.09. The van der Waals surface area contributed by atoms with Crippen LogP contribution in [-0.4, -0.2) is 35.1 Å². The number of anilines is 1. The lowest BCUT2D eigenvalue weighted by atomic mass is 10.1. The Morgan fingerprint density at radius 3 is 2.31 bits per heavy atom. The molecule has 0 saturated carbocycles. The van der Waals surface area contributed by atoms with Crippen LogP contribution in [0.3, 0.4) is 0 Å². The van der Waals surface area contributed by atoms with Crippen molar-refractivity contribution >= 4 is 21.6 Å². The Morgan fingerprint density at radius 1 is 1.04 bits per heavy atom. The number of carbonyl (C=O) groups excluding carboxylic acids is 1. The quantitative estimate of drug-likeness (QED) is 0.736. The maximum Gasteiger partial charge on any atom is 0.259 e. The van der Waals surface area contributed by atoms with Crippen molar-refractivity contribution in [2.75, 3.05) is 26.1 Å². The average molecular weight is 378 g/mol. The number of hydrogen-bond acceptors (Lipinski definition) is 5. The Hall–Kier alpha value is -2.58. The topological polar surface area (TPSA) is 93.7 Å². The molecule has 2 rings (SSSR count). The lowest BCUT2D eigenvalue weighted by molar-refractivity contribution is 0.102. The molecule has 140 valence electrons. The summed E-state index contributed by atoms with van der Waals surface area (Å²) in [6.45, 7) is 2.26. The Morgan fingerprint density at radius 2 is 1.73 bits per heavy atom. The van der Waals surface area contributed by atoms with E-state index in [4.69, 9.17) is 9.47 Å². The van der Waals surface area contributed by atoms with E-state index in [2.05, 4.69) is 10.0 Å². The standard InChI is InChI=1S/C18H22N2O5S/c1-4-11-19-26(22,23)15-8-5-13(6-9-15)20-18(21)16-10-7-14(24-2)12-17(16)25-3/h5-10,12,19H,4,11H2,1-3H3,(H,20,21). The summed E-state index contributed by atoms with van der Waals surface area (Å²) in [5.41, 5.74) is 0.817. The SMILES string of the molecule is CCCNS(=O)(=O)c1ccc(NC(=O)c2ccc(OC)cc2OC)cc1. The zero-order valence-electron chi connectivity index (χ0n) is 14.9. The van der Waals surface area contributed by atoms with Gasteiger partial charge in [-0.1, -0.05) is 6.92 Å². The lowest BCUT2D eigenvalue weighted by Crippen LogP contribution is -2.24. The number of rotatable bonds is 8. The smallest absolute Gasteiger partial charge is 0.259 e. The molecule has 0 fully saturated rings. The normalized spacial score (nSPS) is 11.0. The molecule has 0 unspecified atom stereocenters. The average Bonchev–Trinajstić information content (AvgIpc) is 2.66. The van der Waals surface area contributed by atoms with E-state index in [0.717, 1.165) is 0 Å². The first-order valence-corrected chi connectivity index (χ1v) is 9.52. The van der Waals surface area contributed by atoms with Gasteiger partial charge < -0.3 is 14.8 Å². The fourth-order valence-corrected chi connectivity index (χ4v) is 3.36. The zero-order chi connectivity index (χ0) is 19.2. The molecule has 2 aromatic rings. The number of methoxy groups -OCH3 is 2. The van der Waals surface area contributed by atoms with Gasteiger partial charge in [-0.3, -0.25) is 4.79 Å². The number of carbonyl (C=O) groups is 1. The van der Waals surface area contributed by atoms with Crippen molar-refractivity contribution in [3.63, 3.8) is 0 Å². The summed E-state index contributed by atoms with van der Waals surface area (Å²) in [6.07, 6.45) is 0.705. The molecule has 0 heterocycles. The number of nitrogens with one attached hydrogen (secondary N) is 2. The third kappa shape index (κ3) is 4.74. The van der Waals surface area contributed by atoms with Crippen LogP contribution in [0, 0.1) is 0 Å². The van der Waals surface area contributed by atoms with Crippen LogP contribution in [0.4, 0.5) is 5.69 Å². The highest BCUT2D eigenvalue weighted by Crippen LogP contribution is 2.25. The van der Waals surface area contributed by atoms with Crippen LogP contribution >= 0.6 is 0 Å². The van der Waals surface area contributed by atoms with Crippen molar-refractivity contribution in [3.8, 4) is 11.5 Å². The van der Waals surface area contributed by atoms with E-state index in [1.807, 2.05) is 6.92 Å². The first-order chi connectivity index (χ1) is 12.4. The van der Waals surface area contributed by atoms with Gasteiger partial charge in [0.2, 0.25) is 10.0 Å². The molecule has 0 spiro atoms. The van der Waals surface area contributed by atoms with Crippen LogP contribution in [0.5, 0.6) is 11.5 Å². The van der Waals surface area contributed by atoms with Crippen LogP contribution in [-0.2, 0) is 10.0 Å². The summed E-state index contributed by atoms with van der Waals surface area (Å²) in [5.74, 6) is 0.585. The van der Waals surface area contributed by atoms with E-state index in [-0.39, 0.29) is 10.8 Å². The largest absolute Gasteiger partial charge is 0.497 e. The highest BCUT2D eigenvalue weighted by molar-refractivity contribution is 7.89. The van der Waals surface area contributed by atoms with Crippen molar-refractivity contribution in [3.05, 3.63) is 48.0 Å². The van der Waals surface area contributed by atoms with Crippen molar-refractivity contribution in [2.45, 2.75) is 18.2 Å². The molecule has 0 radical (unpaired) electrons. The summed E-state index contributed by atoms with van der Waals surface area (Å²) in [7, 11) is -0.541. The van der Waals surface area contributed by atoms with Crippen LogP contribution in [0.1, 0.15) is 23.7 Å². The van der Waals surface area contributed by atoms with Crippen molar-refractivity contribution in [1.29, 1.82) is 0 Å². The molecule has 0 aromatic heterocycles. The molecule has 0 aliphatic rings. The summed E-state index contributed by atoms with van der Waals surface area (Å²) in [6, 6.07) is 10.8. The Kier molecular flexibility index (Phi) is 6.59. The molecule has 1 amide bonds. The fourth-order valence-electron chi connectivity index (χ4n) is 2.22. The molecule has 0 saturated heterocycles.